The Hall–Kier alpha value is -1.13. The minimum Gasteiger partial charge on any atom is -0.440 e. The van der Waals surface area contributed by atoms with E-state index in [0.717, 1.165) is 29.4 Å². The van der Waals surface area contributed by atoms with Crippen LogP contribution in [0.4, 0.5) is 0 Å². The van der Waals surface area contributed by atoms with E-state index in [9.17, 15) is 0 Å². The molecule has 0 radical (unpaired) electrons. The van der Waals surface area contributed by atoms with Crippen LogP contribution in [0.2, 0.25) is 0 Å². The molecular formula is C12H16N2OS. The highest BCUT2D eigenvalue weighted by Gasteiger charge is 2.09. The number of thiophene rings is 1. The number of aromatic nitrogens is 1. The zero-order chi connectivity index (χ0) is 11.5. The summed E-state index contributed by atoms with van der Waals surface area (Å²) in [6.45, 7) is 4.91. The first-order valence-corrected chi connectivity index (χ1v) is 6.24. The van der Waals surface area contributed by atoms with Crippen molar-refractivity contribution in [3.05, 3.63) is 28.6 Å². The van der Waals surface area contributed by atoms with Crippen molar-refractivity contribution in [2.45, 2.75) is 26.7 Å². The smallest absolute Gasteiger partial charge is 0.194 e. The SMILES string of the molecule is Cc1cc(-c2cnc(CCCN)o2)sc1C. The number of aryl methyl sites for hydroxylation is 3. The molecule has 86 valence electrons. The van der Waals surface area contributed by atoms with E-state index in [1.54, 1.807) is 17.5 Å². The lowest BCUT2D eigenvalue weighted by Crippen LogP contribution is -2.00. The molecule has 0 aromatic carbocycles. The topological polar surface area (TPSA) is 52.0 Å². The molecular weight excluding hydrogens is 220 g/mol. The number of nitrogens with two attached hydrogens (primary N) is 1. The van der Waals surface area contributed by atoms with Crippen molar-refractivity contribution in [2.24, 2.45) is 5.73 Å². The third-order valence-corrected chi connectivity index (χ3v) is 3.72. The Balaban J connectivity index is 2.18. The van der Waals surface area contributed by atoms with E-state index in [4.69, 9.17) is 10.2 Å². The normalized spacial score (nSPS) is 10.9. The molecule has 2 N–H and O–H groups in total. The molecule has 0 aliphatic carbocycles. The van der Waals surface area contributed by atoms with Gasteiger partial charge in [0.2, 0.25) is 0 Å². The Morgan fingerprint density at radius 1 is 1.44 bits per heavy atom. The summed E-state index contributed by atoms with van der Waals surface area (Å²) in [5, 5.41) is 0. The molecule has 2 aromatic rings. The molecule has 16 heavy (non-hydrogen) atoms. The van der Waals surface area contributed by atoms with Gasteiger partial charge in [0.05, 0.1) is 11.1 Å². The molecule has 0 saturated heterocycles. The second kappa shape index (κ2) is 4.80. The van der Waals surface area contributed by atoms with Crippen molar-refractivity contribution in [3.8, 4) is 10.6 Å². The number of hydrogen-bond acceptors (Lipinski definition) is 4. The maximum absolute atomic E-state index is 5.68. The summed E-state index contributed by atoms with van der Waals surface area (Å²) in [6.07, 6.45) is 3.54. The molecule has 2 aromatic heterocycles. The highest BCUT2D eigenvalue weighted by molar-refractivity contribution is 7.15. The van der Waals surface area contributed by atoms with E-state index < -0.39 is 0 Å². The fourth-order valence-electron chi connectivity index (χ4n) is 1.49. The molecule has 0 fully saturated rings. The number of hydrogen-bond donors (Lipinski definition) is 1. The molecule has 2 heterocycles. The largest absolute Gasteiger partial charge is 0.440 e. The Morgan fingerprint density at radius 3 is 2.88 bits per heavy atom. The van der Waals surface area contributed by atoms with Gasteiger partial charge in [0.25, 0.3) is 0 Å². The van der Waals surface area contributed by atoms with Gasteiger partial charge in [-0.3, -0.25) is 0 Å². The fourth-order valence-corrected chi connectivity index (χ4v) is 2.47. The molecule has 0 unspecified atom stereocenters. The van der Waals surface area contributed by atoms with Crippen molar-refractivity contribution >= 4 is 11.3 Å². The van der Waals surface area contributed by atoms with Gasteiger partial charge in [-0.15, -0.1) is 11.3 Å². The first-order chi connectivity index (χ1) is 7.70. The summed E-state index contributed by atoms with van der Waals surface area (Å²) in [4.78, 5) is 6.74. The van der Waals surface area contributed by atoms with Crippen LogP contribution in [0.15, 0.2) is 16.7 Å². The van der Waals surface area contributed by atoms with Crippen LogP contribution in [0.1, 0.15) is 22.8 Å². The quantitative estimate of drug-likeness (QED) is 0.888. The van der Waals surface area contributed by atoms with Crippen molar-refractivity contribution in [2.75, 3.05) is 6.54 Å². The fraction of sp³-hybridized carbons (Fsp3) is 0.417. The first kappa shape index (κ1) is 11.4. The molecule has 0 atom stereocenters. The van der Waals surface area contributed by atoms with E-state index >= 15 is 0 Å². The Morgan fingerprint density at radius 2 is 2.25 bits per heavy atom. The second-order valence-corrected chi connectivity index (χ2v) is 5.12. The van der Waals surface area contributed by atoms with Crippen LogP contribution in [0.3, 0.4) is 0 Å². The van der Waals surface area contributed by atoms with Gasteiger partial charge < -0.3 is 10.2 Å². The summed E-state index contributed by atoms with van der Waals surface area (Å²) < 4.78 is 5.68. The van der Waals surface area contributed by atoms with Crippen molar-refractivity contribution in [1.29, 1.82) is 0 Å². The Bertz CT molecular complexity index is 454. The summed E-state index contributed by atoms with van der Waals surface area (Å²) in [5.74, 6) is 1.65. The van der Waals surface area contributed by atoms with Gasteiger partial charge in [0, 0.05) is 11.3 Å². The Labute approximate surface area is 99.3 Å². The molecule has 0 spiro atoms. The van der Waals surface area contributed by atoms with E-state index in [2.05, 4.69) is 24.9 Å². The van der Waals surface area contributed by atoms with Crippen LogP contribution in [-0.4, -0.2) is 11.5 Å². The summed E-state index contributed by atoms with van der Waals surface area (Å²) >= 11 is 1.75. The van der Waals surface area contributed by atoms with Crippen LogP contribution < -0.4 is 5.73 Å². The highest BCUT2D eigenvalue weighted by atomic mass is 32.1. The number of rotatable bonds is 4. The Kier molecular flexibility index (Phi) is 3.41. The maximum atomic E-state index is 5.68. The van der Waals surface area contributed by atoms with Gasteiger partial charge >= 0.3 is 0 Å². The summed E-state index contributed by atoms with van der Waals surface area (Å²) in [5.41, 5.74) is 6.76. The molecule has 0 aliphatic heterocycles. The zero-order valence-electron chi connectivity index (χ0n) is 9.62. The van der Waals surface area contributed by atoms with Crippen molar-refractivity contribution < 1.29 is 4.42 Å². The lowest BCUT2D eigenvalue weighted by atomic mass is 10.3. The third kappa shape index (κ3) is 2.33. The van der Waals surface area contributed by atoms with Gasteiger partial charge in [0.1, 0.15) is 0 Å². The molecule has 0 saturated carbocycles. The first-order valence-electron chi connectivity index (χ1n) is 5.43. The third-order valence-electron chi connectivity index (χ3n) is 2.56. The van der Waals surface area contributed by atoms with Crippen molar-refractivity contribution in [3.63, 3.8) is 0 Å². The van der Waals surface area contributed by atoms with E-state index in [1.807, 2.05) is 0 Å². The van der Waals surface area contributed by atoms with Crippen LogP contribution in [0.5, 0.6) is 0 Å². The predicted octanol–water partition coefficient (Wildman–Crippen LogP) is 2.91. The van der Waals surface area contributed by atoms with Crippen molar-refractivity contribution in [1.82, 2.24) is 4.98 Å². The molecule has 0 bridgehead atoms. The van der Waals surface area contributed by atoms with E-state index in [0.29, 0.717) is 6.54 Å². The lowest BCUT2D eigenvalue weighted by Gasteiger charge is -1.92. The van der Waals surface area contributed by atoms with Crippen LogP contribution in [-0.2, 0) is 6.42 Å². The van der Waals surface area contributed by atoms with Crippen LogP contribution in [0, 0.1) is 13.8 Å². The molecule has 2 rings (SSSR count). The van der Waals surface area contributed by atoms with Crippen LogP contribution >= 0.6 is 11.3 Å². The van der Waals surface area contributed by atoms with E-state index in [-0.39, 0.29) is 0 Å². The monoisotopic (exact) mass is 236 g/mol. The number of oxazole rings is 1. The van der Waals surface area contributed by atoms with Gasteiger partial charge in [-0.1, -0.05) is 0 Å². The zero-order valence-corrected chi connectivity index (χ0v) is 10.4. The van der Waals surface area contributed by atoms with Gasteiger partial charge in [-0.2, -0.15) is 0 Å². The maximum Gasteiger partial charge on any atom is 0.194 e. The summed E-state index contributed by atoms with van der Waals surface area (Å²) in [6, 6.07) is 2.15. The average Bonchev–Trinajstić information content (AvgIpc) is 2.84. The average molecular weight is 236 g/mol. The second-order valence-electron chi connectivity index (χ2n) is 3.86. The minimum absolute atomic E-state index is 0.676. The highest BCUT2D eigenvalue weighted by Crippen LogP contribution is 2.31. The predicted molar refractivity (Wildman–Crippen MR) is 66.7 cm³/mol. The minimum atomic E-state index is 0.676. The number of nitrogens with zero attached hydrogens (tertiary/aromatic N) is 1. The van der Waals surface area contributed by atoms with Crippen LogP contribution in [0.25, 0.3) is 10.6 Å². The molecule has 0 amide bonds. The molecule has 3 nitrogen and oxygen atoms in total. The molecule has 0 aliphatic rings. The van der Waals surface area contributed by atoms with Gasteiger partial charge in [-0.25, -0.2) is 4.98 Å². The van der Waals surface area contributed by atoms with E-state index in [1.165, 1.54) is 10.4 Å². The van der Waals surface area contributed by atoms with Gasteiger partial charge in [0.15, 0.2) is 11.7 Å². The van der Waals surface area contributed by atoms with Gasteiger partial charge in [-0.05, 0) is 38.4 Å². The lowest BCUT2D eigenvalue weighted by molar-refractivity contribution is 0.500. The summed E-state index contributed by atoms with van der Waals surface area (Å²) in [7, 11) is 0. The molecule has 4 heteroatoms. The standard InChI is InChI=1S/C12H16N2OS/c1-8-6-11(16-9(8)2)10-7-14-12(15-10)4-3-5-13/h6-7H,3-5,13H2,1-2H3.